The molecule has 4 heterocycles. The van der Waals surface area contributed by atoms with E-state index in [2.05, 4.69) is 36.9 Å². The number of anilines is 1. The highest BCUT2D eigenvalue weighted by Crippen LogP contribution is 2.26. The third-order valence-corrected chi connectivity index (χ3v) is 6.06. The van der Waals surface area contributed by atoms with Gasteiger partial charge in [-0.15, -0.1) is 5.10 Å². The number of rotatable bonds is 4. The van der Waals surface area contributed by atoms with Gasteiger partial charge in [-0.05, 0) is 71.6 Å². The van der Waals surface area contributed by atoms with Crippen LogP contribution < -0.4 is 10.6 Å². The highest BCUT2D eigenvalue weighted by molar-refractivity contribution is 5.82. The molecule has 10 heteroatoms. The Labute approximate surface area is 197 Å². The zero-order chi connectivity index (χ0) is 23.9. The van der Waals surface area contributed by atoms with Gasteiger partial charge in [0.25, 0.3) is 0 Å². The smallest absolute Gasteiger partial charge is 0.407 e. The monoisotopic (exact) mass is 462 g/mol. The molecule has 4 aromatic heterocycles. The predicted octanol–water partition coefficient (Wildman–Crippen LogP) is 4.22. The Bertz CT molecular complexity index is 1330. The number of carbonyl (C=O) groups is 1. The number of alkyl carbamates (subject to hydrolysis) is 1. The Morgan fingerprint density at radius 2 is 1.88 bits per heavy atom. The molecule has 1 saturated carbocycles. The minimum Gasteiger partial charge on any atom is -0.444 e. The first-order valence-corrected chi connectivity index (χ1v) is 11.7. The van der Waals surface area contributed by atoms with Crippen molar-refractivity contribution in [3.63, 3.8) is 0 Å². The molecule has 5 rings (SSSR count). The minimum absolute atomic E-state index is 0.136. The van der Waals surface area contributed by atoms with E-state index in [1.54, 1.807) is 6.20 Å². The summed E-state index contributed by atoms with van der Waals surface area (Å²) in [5.41, 5.74) is 3.77. The van der Waals surface area contributed by atoms with E-state index in [-0.39, 0.29) is 12.1 Å². The third-order valence-electron chi connectivity index (χ3n) is 6.06. The van der Waals surface area contributed by atoms with Crippen LogP contribution >= 0.6 is 0 Å². The molecule has 0 atom stereocenters. The number of hydrogen-bond donors (Lipinski definition) is 3. The average molecular weight is 463 g/mol. The van der Waals surface area contributed by atoms with Gasteiger partial charge in [0, 0.05) is 34.9 Å². The number of aromatic amines is 1. The number of fused-ring (bicyclic) bond motifs is 2. The van der Waals surface area contributed by atoms with Gasteiger partial charge in [0.1, 0.15) is 11.4 Å². The molecule has 0 radical (unpaired) electrons. The lowest BCUT2D eigenvalue weighted by Crippen LogP contribution is -2.42. The lowest BCUT2D eigenvalue weighted by atomic mass is 9.91. The van der Waals surface area contributed by atoms with E-state index in [1.807, 2.05) is 50.5 Å². The molecule has 0 spiro atoms. The Morgan fingerprint density at radius 1 is 1.12 bits per heavy atom. The number of pyridine rings is 1. The van der Waals surface area contributed by atoms with Crippen molar-refractivity contribution in [3.8, 4) is 11.3 Å². The number of hydrogen-bond acceptors (Lipinski definition) is 7. The molecule has 0 bridgehead atoms. The normalized spacial score (nSPS) is 18.8. The number of aromatic nitrogens is 6. The summed E-state index contributed by atoms with van der Waals surface area (Å²) in [4.78, 5) is 21.0. The first-order valence-electron chi connectivity index (χ1n) is 11.7. The van der Waals surface area contributed by atoms with Gasteiger partial charge in [-0.1, -0.05) is 0 Å². The number of carbonyl (C=O) groups excluding carboxylic acids is 1. The second kappa shape index (κ2) is 8.58. The molecule has 1 aliphatic rings. The zero-order valence-electron chi connectivity index (χ0n) is 19.9. The molecule has 0 aromatic carbocycles. The maximum Gasteiger partial charge on any atom is 0.407 e. The van der Waals surface area contributed by atoms with E-state index in [9.17, 15) is 4.79 Å². The van der Waals surface area contributed by atoms with Crippen LogP contribution in [0.2, 0.25) is 0 Å². The number of imidazole rings is 1. The van der Waals surface area contributed by atoms with Crippen LogP contribution in [0.4, 0.5) is 10.6 Å². The first-order chi connectivity index (χ1) is 16.2. The van der Waals surface area contributed by atoms with Crippen LogP contribution in [0.1, 0.15) is 52.1 Å². The highest BCUT2D eigenvalue weighted by Gasteiger charge is 2.25. The van der Waals surface area contributed by atoms with Crippen molar-refractivity contribution in [2.75, 3.05) is 5.32 Å². The fraction of sp³-hybridized carbons (Fsp3) is 0.458. The van der Waals surface area contributed by atoms with E-state index in [0.29, 0.717) is 11.7 Å². The maximum atomic E-state index is 12.0. The van der Waals surface area contributed by atoms with Crippen molar-refractivity contribution in [3.05, 3.63) is 36.3 Å². The molecular weight excluding hydrogens is 432 g/mol. The summed E-state index contributed by atoms with van der Waals surface area (Å²) >= 11 is 0. The van der Waals surface area contributed by atoms with E-state index >= 15 is 0 Å². The molecule has 34 heavy (non-hydrogen) atoms. The second-order valence-corrected chi connectivity index (χ2v) is 9.91. The summed E-state index contributed by atoms with van der Waals surface area (Å²) in [7, 11) is 0. The van der Waals surface area contributed by atoms with Crippen molar-refractivity contribution >= 4 is 28.6 Å². The number of aryl methyl sites for hydroxylation is 1. The number of nitrogens with one attached hydrogen (secondary N) is 3. The van der Waals surface area contributed by atoms with Crippen LogP contribution in [0.25, 0.3) is 27.9 Å². The van der Waals surface area contributed by atoms with E-state index < -0.39 is 5.60 Å². The SMILES string of the molecule is Cc1[nH]nc2ncc(-c3cnc4ccc(NC5CCC(NC(=O)OC(C)(C)C)CC5)nn34)cc12. The lowest BCUT2D eigenvalue weighted by Gasteiger charge is -2.30. The van der Waals surface area contributed by atoms with Gasteiger partial charge in [0.15, 0.2) is 11.3 Å². The molecule has 4 aromatic rings. The Kier molecular flexibility index (Phi) is 5.59. The van der Waals surface area contributed by atoms with Gasteiger partial charge in [0.05, 0.1) is 11.9 Å². The summed E-state index contributed by atoms with van der Waals surface area (Å²) in [6.45, 7) is 7.59. The van der Waals surface area contributed by atoms with Gasteiger partial charge in [-0.3, -0.25) is 5.10 Å². The molecule has 1 fully saturated rings. The maximum absolute atomic E-state index is 12.0. The summed E-state index contributed by atoms with van der Waals surface area (Å²) in [6.07, 6.45) is 6.94. The largest absolute Gasteiger partial charge is 0.444 e. The van der Waals surface area contributed by atoms with Crippen molar-refractivity contribution in [1.82, 2.24) is 35.1 Å². The topological polar surface area (TPSA) is 122 Å². The van der Waals surface area contributed by atoms with Gasteiger partial charge in [0.2, 0.25) is 0 Å². The summed E-state index contributed by atoms with van der Waals surface area (Å²) < 4.78 is 7.22. The second-order valence-electron chi connectivity index (χ2n) is 9.91. The van der Waals surface area contributed by atoms with Crippen molar-refractivity contribution < 1.29 is 9.53 Å². The summed E-state index contributed by atoms with van der Waals surface area (Å²) in [5, 5.41) is 19.5. The summed E-state index contributed by atoms with van der Waals surface area (Å²) in [5.74, 6) is 0.795. The molecular formula is C24H30N8O2. The number of amides is 1. The molecule has 0 saturated heterocycles. The van der Waals surface area contributed by atoms with Crippen molar-refractivity contribution in [1.29, 1.82) is 0 Å². The van der Waals surface area contributed by atoms with E-state index in [0.717, 1.165) is 59.5 Å². The molecule has 0 unspecified atom stereocenters. The van der Waals surface area contributed by atoms with Crippen LogP contribution in [0.3, 0.4) is 0 Å². The number of ether oxygens (including phenoxy) is 1. The Balaban J connectivity index is 1.26. The number of H-pyrrole nitrogens is 1. The van der Waals surface area contributed by atoms with Crippen LogP contribution in [-0.2, 0) is 4.74 Å². The molecule has 10 nitrogen and oxygen atoms in total. The average Bonchev–Trinajstić information content (AvgIpc) is 3.37. The third kappa shape index (κ3) is 4.66. The van der Waals surface area contributed by atoms with Crippen LogP contribution in [0, 0.1) is 6.92 Å². The minimum atomic E-state index is -0.488. The highest BCUT2D eigenvalue weighted by atomic mass is 16.6. The molecule has 178 valence electrons. The Morgan fingerprint density at radius 3 is 2.65 bits per heavy atom. The first kappa shape index (κ1) is 22.1. The van der Waals surface area contributed by atoms with Gasteiger partial charge < -0.3 is 15.4 Å². The number of nitrogens with zero attached hydrogens (tertiary/aromatic N) is 5. The van der Waals surface area contributed by atoms with Gasteiger partial charge >= 0.3 is 6.09 Å². The molecule has 3 N–H and O–H groups in total. The van der Waals surface area contributed by atoms with E-state index in [4.69, 9.17) is 9.84 Å². The Hall–Kier alpha value is -3.69. The zero-order valence-corrected chi connectivity index (χ0v) is 19.9. The fourth-order valence-electron chi connectivity index (χ4n) is 4.37. The van der Waals surface area contributed by atoms with Crippen molar-refractivity contribution in [2.45, 2.75) is 71.1 Å². The molecule has 1 aliphatic carbocycles. The van der Waals surface area contributed by atoms with Crippen LogP contribution in [-0.4, -0.2) is 53.6 Å². The fourth-order valence-corrected chi connectivity index (χ4v) is 4.37. The quantitative estimate of drug-likeness (QED) is 0.415. The van der Waals surface area contributed by atoms with Crippen LogP contribution in [0.5, 0.6) is 0 Å². The van der Waals surface area contributed by atoms with Crippen LogP contribution in [0.15, 0.2) is 30.6 Å². The van der Waals surface area contributed by atoms with Crippen molar-refractivity contribution in [2.24, 2.45) is 0 Å². The summed E-state index contributed by atoms with van der Waals surface area (Å²) in [6, 6.07) is 6.41. The molecule has 1 amide bonds. The van der Waals surface area contributed by atoms with Gasteiger partial charge in [-0.2, -0.15) is 5.10 Å². The standard InChI is InChI=1S/C24H30N8O2/c1-14-18-11-15(12-26-22(18)30-29-14)19-13-25-21-10-9-20(31-32(19)21)27-16-5-7-17(8-6-16)28-23(33)34-24(2,3)4/h9-13,16-17H,5-8H2,1-4H3,(H,27,31)(H,28,33)(H,26,29,30). The predicted molar refractivity (Wildman–Crippen MR) is 130 cm³/mol. The van der Waals surface area contributed by atoms with Gasteiger partial charge in [-0.25, -0.2) is 19.3 Å². The lowest BCUT2D eigenvalue weighted by molar-refractivity contribution is 0.0492. The molecule has 0 aliphatic heterocycles. The van der Waals surface area contributed by atoms with E-state index in [1.165, 1.54) is 0 Å².